The number of ether oxygens (including phenoxy) is 1. The Morgan fingerprint density at radius 2 is 1.15 bits per heavy atom. The van der Waals surface area contributed by atoms with Crippen molar-refractivity contribution in [3.63, 3.8) is 0 Å². The molecule has 4 nitrogen and oxygen atoms in total. The van der Waals surface area contributed by atoms with E-state index in [4.69, 9.17) is 48.5 Å². The second-order valence-electron chi connectivity index (χ2n) is 5.64. The van der Waals surface area contributed by atoms with E-state index >= 15 is 0 Å². The lowest BCUT2D eigenvalue weighted by Crippen LogP contribution is -2.41. The Bertz CT molecular complexity index is 738. The molecule has 27 heavy (non-hydrogen) atoms. The average molecular weight is 389 g/mol. The summed E-state index contributed by atoms with van der Waals surface area (Å²) in [6, 6.07) is 0. The third-order valence-electron chi connectivity index (χ3n) is 4.01. The first-order chi connectivity index (χ1) is 12.4. The van der Waals surface area contributed by atoms with Crippen LogP contribution in [0.5, 0.6) is 5.75 Å². The number of hydrogen-bond acceptors (Lipinski definition) is 3. The molecule has 0 spiro atoms. The third-order valence-corrected chi connectivity index (χ3v) is 4.74. The van der Waals surface area contributed by atoms with E-state index in [0.29, 0.717) is 16.7 Å². The van der Waals surface area contributed by atoms with Crippen molar-refractivity contribution in [1.82, 2.24) is 0 Å². The molecular weight excluding hydrogens is 375 g/mol. The number of alkyl halides is 3. The van der Waals surface area contributed by atoms with Crippen LogP contribution in [0.15, 0.2) is 0 Å². The third kappa shape index (κ3) is 5.76. The fraction of sp³-hybridized carbons (Fsp3) is 0.571. The molecule has 0 fully saturated rings. The first-order valence-corrected chi connectivity index (χ1v) is 9.43. The van der Waals surface area contributed by atoms with Crippen LogP contribution in [0, 0.1) is 0 Å². The van der Waals surface area contributed by atoms with Gasteiger partial charge in [-0.05, 0) is 22.3 Å². The first-order valence-electron chi connectivity index (χ1n) is 7.82. The van der Waals surface area contributed by atoms with Gasteiger partial charge in [-0.2, -0.15) is 21.6 Å². The molecule has 136 valence electrons. The van der Waals surface area contributed by atoms with Gasteiger partial charge in [0, 0.05) is 0 Å². The molecule has 1 aromatic carbocycles. The molecule has 0 aromatic heterocycles. The first kappa shape index (κ1) is 24.1. The quantitative estimate of drug-likeness (QED) is 0.485. The molecule has 0 aliphatic carbocycles. The van der Waals surface area contributed by atoms with Crippen LogP contribution in [-0.4, -0.2) is 70.2 Å². The van der Waals surface area contributed by atoms with Crippen molar-refractivity contribution >= 4 is 49.3 Å². The molecule has 1 unspecified atom stereocenters. The normalized spacial score (nSPS) is 13.5. The fourth-order valence-electron chi connectivity index (χ4n) is 2.84. The summed E-state index contributed by atoms with van der Waals surface area (Å²) >= 11 is 0. The highest BCUT2D eigenvalue weighted by Gasteiger charge is 2.45. The Morgan fingerprint density at radius 3 is 1.41 bits per heavy atom. The maximum absolute atomic E-state index is 13.3. The standard InChI is InChI=1S/C14H14B5F3O4S/c15-1-7-8(2-16)10(4-18)13(11(5-19)9(7)3-17)26-12(14(20,21)22)6-27(23,24)25/h12H,1-6H2,(H,23,24,25). The molecule has 0 heterocycles. The average Bonchev–Trinajstić information content (AvgIpc) is 2.57. The van der Waals surface area contributed by atoms with Crippen LogP contribution in [0.2, 0.25) is 0 Å². The second-order valence-corrected chi connectivity index (χ2v) is 7.14. The molecule has 1 aromatic rings. The van der Waals surface area contributed by atoms with Gasteiger partial charge < -0.3 is 4.74 Å². The van der Waals surface area contributed by atoms with Gasteiger partial charge >= 0.3 is 6.18 Å². The molecule has 0 saturated carbocycles. The van der Waals surface area contributed by atoms with Crippen LogP contribution in [-0.2, 0) is 41.7 Å². The van der Waals surface area contributed by atoms with Crippen LogP contribution in [0.25, 0.3) is 0 Å². The molecule has 13 heteroatoms. The van der Waals surface area contributed by atoms with Gasteiger partial charge in [-0.3, -0.25) is 4.55 Å². The summed E-state index contributed by atoms with van der Waals surface area (Å²) < 4.78 is 75.7. The number of hydrogen-bond donors (Lipinski definition) is 1. The molecule has 1 rings (SSSR count). The smallest absolute Gasteiger partial charge is 0.426 e. The van der Waals surface area contributed by atoms with E-state index < -0.39 is 28.2 Å². The van der Waals surface area contributed by atoms with E-state index in [2.05, 4.69) is 0 Å². The molecule has 0 aliphatic rings. The van der Waals surface area contributed by atoms with Crippen LogP contribution in [0.1, 0.15) is 27.8 Å². The number of rotatable bonds is 9. The molecule has 0 amide bonds. The number of halogens is 3. The number of benzene rings is 1. The SMILES string of the molecule is [B]Cc1c(C[B])c(C[B])c(OC(CS(=O)(=O)O)C(F)(F)F)c(C[B])c1C[B]. The van der Waals surface area contributed by atoms with E-state index in [0.717, 1.165) is 0 Å². The molecular formula is C14H14B5F3O4S. The summed E-state index contributed by atoms with van der Waals surface area (Å²) in [5.74, 6) is -2.04. The summed E-state index contributed by atoms with van der Waals surface area (Å²) in [7, 11) is 23.5. The largest absolute Gasteiger partial charge is 0.479 e. The zero-order valence-corrected chi connectivity index (χ0v) is 15.2. The van der Waals surface area contributed by atoms with Gasteiger partial charge in [0.05, 0.1) is 39.2 Å². The van der Waals surface area contributed by atoms with Crippen molar-refractivity contribution in [2.24, 2.45) is 0 Å². The molecule has 1 atom stereocenters. The molecule has 0 aliphatic heterocycles. The summed E-state index contributed by atoms with van der Waals surface area (Å²) in [6.07, 6.45) is -8.68. The molecule has 1 N–H and O–H groups in total. The fourth-order valence-corrected chi connectivity index (χ4v) is 3.48. The maximum Gasteiger partial charge on any atom is 0.426 e. The van der Waals surface area contributed by atoms with Gasteiger partial charge in [0.1, 0.15) is 11.5 Å². The Labute approximate surface area is 163 Å². The van der Waals surface area contributed by atoms with Crippen LogP contribution >= 0.6 is 0 Å². The van der Waals surface area contributed by atoms with E-state index in [9.17, 15) is 21.6 Å². The van der Waals surface area contributed by atoms with E-state index in [1.807, 2.05) is 0 Å². The lowest BCUT2D eigenvalue weighted by Gasteiger charge is -2.29. The zero-order valence-electron chi connectivity index (χ0n) is 14.4. The van der Waals surface area contributed by atoms with E-state index in [1.165, 1.54) is 0 Å². The van der Waals surface area contributed by atoms with Crippen LogP contribution in [0.4, 0.5) is 13.2 Å². The molecule has 0 bridgehead atoms. The van der Waals surface area contributed by atoms with Crippen molar-refractivity contribution in [3.8, 4) is 5.75 Å². The van der Waals surface area contributed by atoms with Crippen molar-refractivity contribution in [3.05, 3.63) is 27.8 Å². The summed E-state index contributed by atoms with van der Waals surface area (Å²) in [5.41, 5.74) is 1.48. The topological polar surface area (TPSA) is 63.6 Å². The van der Waals surface area contributed by atoms with Gasteiger partial charge in [0.15, 0.2) is 0 Å². The van der Waals surface area contributed by atoms with Gasteiger partial charge in [-0.15, -0.1) is 0 Å². The van der Waals surface area contributed by atoms with E-state index in [1.54, 1.807) is 0 Å². The highest BCUT2D eigenvalue weighted by atomic mass is 32.2. The summed E-state index contributed by atoms with van der Waals surface area (Å²) in [6.45, 7) is 0. The lowest BCUT2D eigenvalue weighted by atomic mass is 9.72. The predicted octanol–water partition coefficient (Wildman–Crippen LogP) is 0.227. The monoisotopic (exact) mass is 390 g/mol. The molecule has 10 radical (unpaired) electrons. The minimum absolute atomic E-state index is 0.00688. The van der Waals surface area contributed by atoms with Crippen LogP contribution in [0.3, 0.4) is 0 Å². The van der Waals surface area contributed by atoms with Crippen molar-refractivity contribution in [2.45, 2.75) is 43.9 Å². The predicted molar refractivity (Wildman–Crippen MR) is 101 cm³/mol. The second kappa shape index (κ2) is 9.50. The van der Waals surface area contributed by atoms with Crippen molar-refractivity contribution in [2.75, 3.05) is 5.75 Å². The van der Waals surface area contributed by atoms with Crippen molar-refractivity contribution < 1.29 is 30.9 Å². The van der Waals surface area contributed by atoms with Crippen LogP contribution < -0.4 is 4.74 Å². The Morgan fingerprint density at radius 1 is 0.815 bits per heavy atom. The Hall–Kier alpha value is -0.955. The molecule has 0 saturated heterocycles. The zero-order chi connectivity index (χ0) is 21.0. The van der Waals surface area contributed by atoms with Gasteiger partial charge in [-0.1, -0.05) is 37.2 Å². The lowest BCUT2D eigenvalue weighted by molar-refractivity contribution is -0.188. The highest BCUT2D eigenvalue weighted by molar-refractivity contribution is 7.85. The minimum atomic E-state index is -5.09. The van der Waals surface area contributed by atoms with Crippen molar-refractivity contribution in [1.29, 1.82) is 0 Å². The van der Waals surface area contributed by atoms with Gasteiger partial charge in [-0.25, -0.2) is 0 Å². The highest BCUT2D eigenvalue weighted by Crippen LogP contribution is 2.37. The Kier molecular flexibility index (Phi) is 8.47. The minimum Gasteiger partial charge on any atom is -0.479 e. The maximum atomic E-state index is 13.3. The summed E-state index contributed by atoms with van der Waals surface area (Å²) in [4.78, 5) is 0. The summed E-state index contributed by atoms with van der Waals surface area (Å²) in [5, 5.41) is 0. The van der Waals surface area contributed by atoms with E-state index in [-0.39, 0.29) is 48.5 Å². The Balaban J connectivity index is 3.73. The van der Waals surface area contributed by atoms with Gasteiger partial charge in [0.2, 0.25) is 6.10 Å². The van der Waals surface area contributed by atoms with Gasteiger partial charge in [0.25, 0.3) is 10.1 Å².